The molecule has 58 valence electrons. The van der Waals surface area contributed by atoms with Gasteiger partial charge in [-0.15, -0.1) is 0 Å². The van der Waals surface area contributed by atoms with Gasteiger partial charge in [-0.3, -0.25) is 4.79 Å². The van der Waals surface area contributed by atoms with Crippen LogP contribution in [-0.2, 0) is 0 Å². The molecule has 0 atom stereocenters. The molecular formula is C8H6I2O. The Morgan fingerprint density at radius 3 is 2.36 bits per heavy atom. The average molecular weight is 372 g/mol. The van der Waals surface area contributed by atoms with Crippen molar-refractivity contribution in [3.63, 3.8) is 0 Å². The molecule has 11 heavy (non-hydrogen) atoms. The first-order valence-electron chi connectivity index (χ1n) is 3.07. The summed E-state index contributed by atoms with van der Waals surface area (Å²) in [7, 11) is 0. The van der Waals surface area contributed by atoms with E-state index in [1.807, 2.05) is 18.2 Å². The fourth-order valence-corrected chi connectivity index (χ4v) is 1.57. The molecule has 0 radical (unpaired) electrons. The zero-order valence-corrected chi connectivity index (χ0v) is 10.2. The van der Waals surface area contributed by atoms with Gasteiger partial charge < -0.3 is 0 Å². The molecule has 0 unspecified atom stereocenters. The van der Waals surface area contributed by atoms with Crippen LogP contribution in [-0.4, -0.2) is 5.78 Å². The number of benzene rings is 1. The van der Waals surface area contributed by atoms with Crippen molar-refractivity contribution in [1.29, 1.82) is 0 Å². The molecule has 0 fully saturated rings. The lowest BCUT2D eigenvalue weighted by atomic mass is 10.2. The largest absolute Gasteiger partial charge is 0.295 e. The lowest BCUT2D eigenvalue weighted by Crippen LogP contribution is -1.92. The predicted molar refractivity (Wildman–Crippen MR) is 61.9 cm³/mol. The molecule has 0 amide bonds. The third kappa shape index (κ3) is 2.40. The lowest BCUT2D eigenvalue weighted by molar-refractivity contribution is 0.101. The highest BCUT2D eigenvalue weighted by Crippen LogP contribution is 2.16. The number of hydrogen-bond acceptors (Lipinski definition) is 1. The van der Waals surface area contributed by atoms with Gasteiger partial charge in [0.05, 0.1) is 0 Å². The van der Waals surface area contributed by atoms with Gasteiger partial charge in [-0.25, -0.2) is 0 Å². The van der Waals surface area contributed by atoms with E-state index < -0.39 is 0 Å². The van der Waals surface area contributed by atoms with E-state index in [1.54, 1.807) is 6.92 Å². The van der Waals surface area contributed by atoms with Crippen molar-refractivity contribution >= 4 is 51.0 Å². The molecule has 1 rings (SSSR count). The third-order valence-corrected chi connectivity index (χ3v) is 4.19. The molecule has 0 spiro atoms. The Balaban J connectivity index is 3.15. The van der Waals surface area contributed by atoms with Gasteiger partial charge >= 0.3 is 0 Å². The quantitative estimate of drug-likeness (QED) is 0.547. The van der Waals surface area contributed by atoms with E-state index in [9.17, 15) is 4.79 Å². The van der Waals surface area contributed by atoms with Gasteiger partial charge in [0.15, 0.2) is 5.78 Å². The smallest absolute Gasteiger partial charge is 0.159 e. The van der Waals surface area contributed by atoms with Crippen LogP contribution in [0, 0.1) is 7.14 Å². The first kappa shape index (κ1) is 9.44. The molecule has 0 saturated carbocycles. The zero-order chi connectivity index (χ0) is 8.43. The normalized spacial score (nSPS) is 9.73. The van der Waals surface area contributed by atoms with Gasteiger partial charge in [-0.05, 0) is 64.2 Å². The van der Waals surface area contributed by atoms with E-state index in [0.717, 1.165) is 9.13 Å². The monoisotopic (exact) mass is 372 g/mol. The number of carbonyl (C=O) groups is 1. The van der Waals surface area contributed by atoms with E-state index in [4.69, 9.17) is 0 Å². The van der Waals surface area contributed by atoms with E-state index in [1.165, 1.54) is 3.57 Å². The standard InChI is InChI=1S/C8H6I2O/c1-5(11)6-2-3-7(9)8(10)4-6/h2-4H,1H3. The Bertz CT molecular complexity index is 294. The highest BCUT2D eigenvalue weighted by Gasteiger charge is 2.01. The van der Waals surface area contributed by atoms with Crippen molar-refractivity contribution in [3.05, 3.63) is 30.9 Å². The van der Waals surface area contributed by atoms with Crippen molar-refractivity contribution < 1.29 is 4.79 Å². The average Bonchev–Trinajstić information content (AvgIpc) is 1.94. The van der Waals surface area contributed by atoms with Crippen molar-refractivity contribution in [2.75, 3.05) is 0 Å². The Kier molecular flexibility index (Phi) is 3.29. The summed E-state index contributed by atoms with van der Waals surface area (Å²) in [5.74, 6) is 0.124. The summed E-state index contributed by atoms with van der Waals surface area (Å²) in [4.78, 5) is 10.9. The Morgan fingerprint density at radius 1 is 1.27 bits per heavy atom. The summed E-state index contributed by atoms with van der Waals surface area (Å²) < 4.78 is 2.32. The summed E-state index contributed by atoms with van der Waals surface area (Å²) >= 11 is 4.47. The molecule has 0 N–H and O–H groups in total. The van der Waals surface area contributed by atoms with Crippen molar-refractivity contribution in [1.82, 2.24) is 0 Å². The van der Waals surface area contributed by atoms with Crippen LogP contribution in [0.25, 0.3) is 0 Å². The Hall–Kier alpha value is 0.350. The van der Waals surface area contributed by atoms with Crippen LogP contribution in [0.3, 0.4) is 0 Å². The minimum absolute atomic E-state index is 0.124. The SMILES string of the molecule is CC(=O)c1ccc(I)c(I)c1. The molecule has 0 bridgehead atoms. The number of hydrogen-bond donors (Lipinski definition) is 0. The number of ketones is 1. The summed E-state index contributed by atoms with van der Waals surface area (Å²) in [5.41, 5.74) is 0.787. The molecule has 0 aliphatic heterocycles. The molecule has 1 aromatic carbocycles. The molecule has 0 saturated heterocycles. The van der Waals surface area contributed by atoms with Crippen molar-refractivity contribution in [2.45, 2.75) is 6.92 Å². The predicted octanol–water partition coefficient (Wildman–Crippen LogP) is 3.10. The topological polar surface area (TPSA) is 17.1 Å². The van der Waals surface area contributed by atoms with Gasteiger partial charge in [0, 0.05) is 12.7 Å². The van der Waals surface area contributed by atoms with Crippen LogP contribution in [0.4, 0.5) is 0 Å². The minimum Gasteiger partial charge on any atom is -0.295 e. The molecular weight excluding hydrogens is 366 g/mol. The summed E-state index contributed by atoms with van der Waals surface area (Å²) in [6.45, 7) is 1.58. The maximum absolute atomic E-state index is 10.9. The number of halogens is 2. The van der Waals surface area contributed by atoms with Gasteiger partial charge in [-0.1, -0.05) is 6.07 Å². The fraction of sp³-hybridized carbons (Fsp3) is 0.125. The summed E-state index contributed by atoms with van der Waals surface area (Å²) in [5, 5.41) is 0. The van der Waals surface area contributed by atoms with Crippen LogP contribution in [0.1, 0.15) is 17.3 Å². The zero-order valence-electron chi connectivity index (χ0n) is 5.90. The molecule has 1 nitrogen and oxygen atoms in total. The van der Waals surface area contributed by atoms with E-state index >= 15 is 0 Å². The second-order valence-electron chi connectivity index (χ2n) is 2.19. The van der Waals surface area contributed by atoms with Crippen LogP contribution in [0.2, 0.25) is 0 Å². The van der Waals surface area contributed by atoms with Gasteiger partial charge in [0.2, 0.25) is 0 Å². The second-order valence-corrected chi connectivity index (χ2v) is 4.51. The first-order chi connectivity index (χ1) is 5.11. The number of rotatable bonds is 1. The summed E-state index contributed by atoms with van der Waals surface area (Å²) in [6, 6.07) is 5.72. The molecule has 0 aliphatic rings. The molecule has 1 aromatic rings. The number of Topliss-reactive ketones (excluding diaryl/α,β-unsaturated/α-hetero) is 1. The van der Waals surface area contributed by atoms with Gasteiger partial charge in [0.1, 0.15) is 0 Å². The molecule has 0 aromatic heterocycles. The molecule has 0 heterocycles. The molecule has 3 heteroatoms. The second kappa shape index (κ2) is 3.84. The van der Waals surface area contributed by atoms with Gasteiger partial charge in [0.25, 0.3) is 0 Å². The number of carbonyl (C=O) groups excluding carboxylic acids is 1. The first-order valence-corrected chi connectivity index (χ1v) is 5.23. The van der Waals surface area contributed by atoms with Crippen molar-refractivity contribution in [2.24, 2.45) is 0 Å². The lowest BCUT2D eigenvalue weighted by Gasteiger charge is -1.97. The highest BCUT2D eigenvalue weighted by molar-refractivity contribution is 14.1. The fourth-order valence-electron chi connectivity index (χ4n) is 0.715. The Labute approximate surface area is 92.8 Å². The third-order valence-electron chi connectivity index (χ3n) is 1.33. The van der Waals surface area contributed by atoms with Crippen LogP contribution < -0.4 is 0 Å². The summed E-state index contributed by atoms with van der Waals surface area (Å²) in [6.07, 6.45) is 0. The van der Waals surface area contributed by atoms with E-state index in [-0.39, 0.29) is 5.78 Å². The molecule has 0 aliphatic carbocycles. The Morgan fingerprint density at radius 2 is 1.91 bits per heavy atom. The van der Waals surface area contributed by atoms with Crippen molar-refractivity contribution in [3.8, 4) is 0 Å². The highest BCUT2D eigenvalue weighted by atomic mass is 127. The van der Waals surface area contributed by atoms with E-state index in [2.05, 4.69) is 45.2 Å². The van der Waals surface area contributed by atoms with Crippen LogP contribution in [0.15, 0.2) is 18.2 Å². The van der Waals surface area contributed by atoms with Gasteiger partial charge in [-0.2, -0.15) is 0 Å². The van der Waals surface area contributed by atoms with E-state index in [0.29, 0.717) is 0 Å². The van der Waals surface area contributed by atoms with Crippen LogP contribution in [0.5, 0.6) is 0 Å². The van der Waals surface area contributed by atoms with Crippen LogP contribution >= 0.6 is 45.2 Å². The minimum atomic E-state index is 0.124. The maximum atomic E-state index is 10.9. The maximum Gasteiger partial charge on any atom is 0.159 e.